The molecule has 1 aromatic heterocycles. The lowest BCUT2D eigenvalue weighted by Crippen LogP contribution is -2.02. The van der Waals surface area contributed by atoms with Gasteiger partial charge in [0.25, 0.3) is 0 Å². The first-order chi connectivity index (χ1) is 11.2. The molecule has 0 amide bonds. The molecule has 3 rings (SSSR count). The first-order valence-electron chi connectivity index (χ1n) is 7.69. The van der Waals surface area contributed by atoms with E-state index in [4.69, 9.17) is 9.47 Å². The Kier molecular flexibility index (Phi) is 4.20. The number of benzene rings is 2. The third-order valence-corrected chi connectivity index (χ3v) is 4.25. The van der Waals surface area contributed by atoms with Gasteiger partial charge in [0.05, 0.1) is 14.2 Å². The van der Waals surface area contributed by atoms with Gasteiger partial charge < -0.3 is 9.47 Å². The standard InChI is InChI=1S/C20H21NO2/c1-13-9-10-15(12-21-13)11-18-14(2)19(22-3)16-7-5-6-8-17(16)20(18)23-4/h5-10,12H,11H2,1-4H3. The van der Waals surface area contributed by atoms with Crippen LogP contribution in [0.2, 0.25) is 0 Å². The summed E-state index contributed by atoms with van der Waals surface area (Å²) in [6, 6.07) is 12.3. The van der Waals surface area contributed by atoms with E-state index in [1.807, 2.05) is 31.3 Å². The molecule has 2 aromatic carbocycles. The van der Waals surface area contributed by atoms with Crippen LogP contribution in [-0.4, -0.2) is 19.2 Å². The Morgan fingerprint density at radius 1 is 0.870 bits per heavy atom. The molecule has 0 atom stereocenters. The molecule has 0 bridgehead atoms. The molecule has 3 heteroatoms. The minimum atomic E-state index is 0.767. The molecule has 1 heterocycles. The predicted octanol–water partition coefficient (Wildman–Crippen LogP) is 4.46. The predicted molar refractivity (Wildman–Crippen MR) is 93.6 cm³/mol. The van der Waals surface area contributed by atoms with Crippen LogP contribution < -0.4 is 9.47 Å². The molecule has 3 nitrogen and oxygen atoms in total. The lowest BCUT2D eigenvalue weighted by atomic mass is 9.94. The summed E-state index contributed by atoms with van der Waals surface area (Å²) in [7, 11) is 3.45. The first-order valence-corrected chi connectivity index (χ1v) is 7.69. The van der Waals surface area contributed by atoms with Gasteiger partial charge in [-0.2, -0.15) is 0 Å². The number of aromatic nitrogens is 1. The van der Waals surface area contributed by atoms with Crippen molar-refractivity contribution in [2.75, 3.05) is 14.2 Å². The van der Waals surface area contributed by atoms with E-state index in [0.717, 1.165) is 51.1 Å². The van der Waals surface area contributed by atoms with Gasteiger partial charge >= 0.3 is 0 Å². The molecule has 0 aliphatic rings. The minimum Gasteiger partial charge on any atom is -0.496 e. The van der Waals surface area contributed by atoms with Crippen molar-refractivity contribution in [1.82, 2.24) is 4.98 Å². The molecule has 0 radical (unpaired) electrons. The number of hydrogen-bond donors (Lipinski definition) is 0. The van der Waals surface area contributed by atoms with Gasteiger partial charge in [-0.15, -0.1) is 0 Å². The van der Waals surface area contributed by atoms with Gasteiger partial charge in [0.15, 0.2) is 0 Å². The topological polar surface area (TPSA) is 31.4 Å². The third kappa shape index (κ3) is 2.74. The highest BCUT2D eigenvalue weighted by atomic mass is 16.5. The molecule has 0 aliphatic carbocycles. The lowest BCUT2D eigenvalue weighted by Gasteiger charge is -2.19. The number of fused-ring (bicyclic) bond motifs is 1. The van der Waals surface area contributed by atoms with Crippen molar-refractivity contribution in [2.24, 2.45) is 0 Å². The van der Waals surface area contributed by atoms with Crippen LogP contribution in [0.5, 0.6) is 11.5 Å². The Morgan fingerprint density at radius 2 is 1.52 bits per heavy atom. The number of hydrogen-bond acceptors (Lipinski definition) is 3. The Hall–Kier alpha value is -2.55. The number of pyridine rings is 1. The highest BCUT2D eigenvalue weighted by molar-refractivity contribution is 5.96. The van der Waals surface area contributed by atoms with Crippen LogP contribution in [0.1, 0.15) is 22.4 Å². The number of aryl methyl sites for hydroxylation is 1. The molecule has 0 saturated heterocycles. The molecule has 0 aliphatic heterocycles. The summed E-state index contributed by atoms with van der Waals surface area (Å²) in [6.45, 7) is 4.08. The fourth-order valence-corrected chi connectivity index (χ4v) is 3.07. The normalized spacial score (nSPS) is 10.8. The van der Waals surface area contributed by atoms with Gasteiger partial charge in [-0.25, -0.2) is 0 Å². The van der Waals surface area contributed by atoms with E-state index in [9.17, 15) is 0 Å². The van der Waals surface area contributed by atoms with Gasteiger partial charge in [-0.3, -0.25) is 4.98 Å². The van der Waals surface area contributed by atoms with E-state index in [1.54, 1.807) is 14.2 Å². The minimum absolute atomic E-state index is 0.767. The average molecular weight is 307 g/mol. The van der Waals surface area contributed by atoms with E-state index in [-0.39, 0.29) is 0 Å². The molecular formula is C20H21NO2. The van der Waals surface area contributed by atoms with Crippen LogP contribution in [0.3, 0.4) is 0 Å². The van der Waals surface area contributed by atoms with Gasteiger partial charge in [0.2, 0.25) is 0 Å². The van der Waals surface area contributed by atoms with Crippen molar-refractivity contribution in [2.45, 2.75) is 20.3 Å². The summed E-state index contributed by atoms with van der Waals surface area (Å²) >= 11 is 0. The zero-order valence-corrected chi connectivity index (χ0v) is 14.0. The molecule has 0 saturated carbocycles. The molecule has 0 N–H and O–H groups in total. The maximum absolute atomic E-state index is 5.76. The van der Waals surface area contributed by atoms with E-state index in [0.29, 0.717) is 0 Å². The molecule has 0 fully saturated rings. The maximum atomic E-state index is 5.76. The Balaban J connectivity index is 2.22. The summed E-state index contributed by atoms with van der Waals surface area (Å²) in [5.74, 6) is 1.83. The second kappa shape index (κ2) is 6.29. The van der Waals surface area contributed by atoms with E-state index in [1.165, 1.54) is 0 Å². The Labute approximate surface area is 136 Å². The fraction of sp³-hybridized carbons (Fsp3) is 0.250. The largest absolute Gasteiger partial charge is 0.496 e. The summed E-state index contributed by atoms with van der Waals surface area (Å²) < 4.78 is 11.4. The van der Waals surface area contributed by atoms with Crippen LogP contribution in [-0.2, 0) is 6.42 Å². The monoisotopic (exact) mass is 307 g/mol. The van der Waals surface area contributed by atoms with Crippen molar-refractivity contribution in [1.29, 1.82) is 0 Å². The van der Waals surface area contributed by atoms with Gasteiger partial charge in [0, 0.05) is 34.6 Å². The SMILES string of the molecule is COc1c(C)c(Cc2ccc(C)nc2)c(OC)c2ccccc12. The van der Waals surface area contributed by atoms with Crippen molar-refractivity contribution >= 4 is 10.8 Å². The van der Waals surface area contributed by atoms with E-state index >= 15 is 0 Å². The first kappa shape index (κ1) is 15.3. The zero-order valence-electron chi connectivity index (χ0n) is 14.0. The summed E-state index contributed by atoms with van der Waals surface area (Å²) in [4.78, 5) is 4.39. The summed E-state index contributed by atoms with van der Waals surface area (Å²) in [5, 5.41) is 2.16. The van der Waals surface area contributed by atoms with Gasteiger partial charge in [-0.1, -0.05) is 30.3 Å². The van der Waals surface area contributed by atoms with Crippen LogP contribution >= 0.6 is 0 Å². The second-order valence-corrected chi connectivity index (χ2v) is 5.70. The second-order valence-electron chi connectivity index (χ2n) is 5.70. The van der Waals surface area contributed by atoms with E-state index in [2.05, 4.69) is 30.1 Å². The van der Waals surface area contributed by atoms with E-state index < -0.39 is 0 Å². The van der Waals surface area contributed by atoms with Crippen LogP contribution in [0.15, 0.2) is 42.6 Å². The Bertz CT molecular complexity index is 838. The quantitative estimate of drug-likeness (QED) is 0.713. The van der Waals surface area contributed by atoms with Gasteiger partial charge in [0.1, 0.15) is 11.5 Å². The van der Waals surface area contributed by atoms with Crippen molar-refractivity contribution < 1.29 is 9.47 Å². The van der Waals surface area contributed by atoms with Crippen LogP contribution in [0.25, 0.3) is 10.8 Å². The highest BCUT2D eigenvalue weighted by Gasteiger charge is 2.18. The lowest BCUT2D eigenvalue weighted by molar-refractivity contribution is 0.404. The van der Waals surface area contributed by atoms with Crippen molar-refractivity contribution in [3.63, 3.8) is 0 Å². The number of methoxy groups -OCH3 is 2. The zero-order chi connectivity index (χ0) is 16.4. The summed E-state index contributed by atoms with van der Waals surface area (Å²) in [6.07, 6.45) is 2.69. The van der Waals surface area contributed by atoms with Gasteiger partial charge in [-0.05, 0) is 31.0 Å². The average Bonchev–Trinajstić information content (AvgIpc) is 2.57. The van der Waals surface area contributed by atoms with Crippen LogP contribution in [0.4, 0.5) is 0 Å². The number of nitrogens with zero attached hydrogens (tertiary/aromatic N) is 1. The van der Waals surface area contributed by atoms with Crippen molar-refractivity contribution in [3.05, 3.63) is 65.0 Å². The van der Waals surface area contributed by atoms with Crippen molar-refractivity contribution in [3.8, 4) is 11.5 Å². The fourth-order valence-electron chi connectivity index (χ4n) is 3.07. The molecule has 0 spiro atoms. The number of ether oxygens (including phenoxy) is 2. The molecule has 0 unspecified atom stereocenters. The number of rotatable bonds is 4. The molecule has 118 valence electrons. The summed E-state index contributed by atoms with van der Waals surface area (Å²) in [5.41, 5.74) is 4.44. The Morgan fingerprint density at radius 3 is 2.09 bits per heavy atom. The van der Waals surface area contributed by atoms with Crippen LogP contribution in [0, 0.1) is 13.8 Å². The molecule has 3 aromatic rings. The third-order valence-electron chi connectivity index (χ3n) is 4.25. The smallest absolute Gasteiger partial charge is 0.130 e. The molecular weight excluding hydrogens is 286 g/mol. The molecule has 23 heavy (non-hydrogen) atoms. The maximum Gasteiger partial charge on any atom is 0.130 e. The highest BCUT2D eigenvalue weighted by Crippen LogP contribution is 2.41.